The van der Waals surface area contributed by atoms with Crippen molar-refractivity contribution >= 4 is 5.91 Å². The van der Waals surface area contributed by atoms with E-state index in [4.69, 9.17) is 4.74 Å². The fraction of sp³-hybridized carbons (Fsp3) is 0.316. The maximum absolute atomic E-state index is 13.4. The lowest BCUT2D eigenvalue weighted by Crippen LogP contribution is -2.28. The molecule has 2 aromatic carbocycles. The number of benzene rings is 2. The minimum Gasteiger partial charge on any atom is -0.497 e. The number of nitrogens with one attached hydrogen (secondary N) is 2. The number of hydrogen-bond donors (Lipinski definition) is 2. The molecule has 0 aliphatic heterocycles. The second-order valence-electron chi connectivity index (χ2n) is 5.47. The lowest BCUT2D eigenvalue weighted by atomic mass is 10.1. The summed E-state index contributed by atoms with van der Waals surface area (Å²) in [6.07, 6.45) is 1.24. The number of rotatable bonds is 9. The molecule has 4 nitrogen and oxygen atoms in total. The molecule has 24 heavy (non-hydrogen) atoms. The maximum Gasteiger partial charge on any atom is 0.221 e. The van der Waals surface area contributed by atoms with Gasteiger partial charge in [0.2, 0.25) is 5.91 Å². The quantitative estimate of drug-likeness (QED) is 0.695. The first-order valence-corrected chi connectivity index (χ1v) is 8.03. The van der Waals surface area contributed by atoms with Gasteiger partial charge >= 0.3 is 0 Å². The zero-order valence-corrected chi connectivity index (χ0v) is 13.8. The van der Waals surface area contributed by atoms with Gasteiger partial charge in [-0.2, -0.15) is 0 Å². The molecule has 0 heterocycles. The molecule has 0 aliphatic rings. The third-order valence-corrected chi connectivity index (χ3v) is 3.69. The predicted molar refractivity (Wildman–Crippen MR) is 92.4 cm³/mol. The molecule has 0 atom stereocenters. The molecule has 1 amide bonds. The molecule has 128 valence electrons. The first-order chi connectivity index (χ1) is 11.7. The van der Waals surface area contributed by atoms with E-state index in [1.807, 2.05) is 24.3 Å². The van der Waals surface area contributed by atoms with Crippen LogP contribution in [0.4, 0.5) is 4.39 Å². The van der Waals surface area contributed by atoms with Crippen LogP contribution in [0.2, 0.25) is 0 Å². The van der Waals surface area contributed by atoms with E-state index in [-0.39, 0.29) is 18.3 Å². The highest BCUT2D eigenvalue weighted by Gasteiger charge is 2.04. The maximum atomic E-state index is 13.4. The van der Waals surface area contributed by atoms with Crippen LogP contribution in [0.5, 0.6) is 5.75 Å². The summed E-state index contributed by atoms with van der Waals surface area (Å²) >= 11 is 0. The summed E-state index contributed by atoms with van der Waals surface area (Å²) in [5, 5.41) is 5.96. The van der Waals surface area contributed by atoms with Gasteiger partial charge in [-0.05, 0) is 36.7 Å². The molecular formula is C19H23FN2O2. The van der Waals surface area contributed by atoms with Crippen LogP contribution in [-0.4, -0.2) is 26.1 Å². The van der Waals surface area contributed by atoms with E-state index in [1.54, 1.807) is 25.3 Å². The Labute approximate surface area is 142 Å². The molecule has 0 bridgehead atoms. The van der Waals surface area contributed by atoms with Crippen molar-refractivity contribution in [3.05, 3.63) is 65.5 Å². The van der Waals surface area contributed by atoms with E-state index in [9.17, 15) is 9.18 Å². The summed E-state index contributed by atoms with van der Waals surface area (Å²) in [5.74, 6) is 0.460. The highest BCUT2D eigenvalue weighted by atomic mass is 19.1. The van der Waals surface area contributed by atoms with Crippen molar-refractivity contribution in [2.24, 2.45) is 0 Å². The Hall–Kier alpha value is -2.40. The van der Waals surface area contributed by atoms with Gasteiger partial charge < -0.3 is 15.4 Å². The summed E-state index contributed by atoms with van der Waals surface area (Å²) in [7, 11) is 1.65. The summed E-state index contributed by atoms with van der Waals surface area (Å²) in [4.78, 5) is 11.8. The Morgan fingerprint density at radius 2 is 1.96 bits per heavy atom. The summed E-state index contributed by atoms with van der Waals surface area (Å²) < 4.78 is 18.6. The van der Waals surface area contributed by atoms with Crippen molar-refractivity contribution < 1.29 is 13.9 Å². The Morgan fingerprint density at radius 1 is 1.12 bits per heavy atom. The third kappa shape index (κ3) is 6.01. The lowest BCUT2D eigenvalue weighted by Gasteiger charge is -2.08. The molecule has 5 heteroatoms. The smallest absolute Gasteiger partial charge is 0.221 e. The number of carbonyl (C=O) groups is 1. The van der Waals surface area contributed by atoms with Crippen LogP contribution >= 0.6 is 0 Å². The normalized spacial score (nSPS) is 10.4. The van der Waals surface area contributed by atoms with E-state index < -0.39 is 0 Å². The van der Waals surface area contributed by atoms with Crippen LogP contribution in [0.1, 0.15) is 17.5 Å². The highest BCUT2D eigenvalue weighted by molar-refractivity contribution is 5.76. The number of carbonyl (C=O) groups excluding carboxylic acids is 1. The van der Waals surface area contributed by atoms with E-state index in [1.165, 1.54) is 11.6 Å². The molecule has 0 aromatic heterocycles. The monoisotopic (exact) mass is 330 g/mol. The first-order valence-electron chi connectivity index (χ1n) is 8.03. The zero-order valence-electron chi connectivity index (χ0n) is 13.8. The van der Waals surface area contributed by atoms with Crippen LogP contribution in [0, 0.1) is 5.82 Å². The molecule has 0 fully saturated rings. The average molecular weight is 330 g/mol. The molecule has 0 unspecified atom stereocenters. The van der Waals surface area contributed by atoms with Crippen molar-refractivity contribution in [1.82, 2.24) is 10.6 Å². The molecule has 0 radical (unpaired) electrons. The van der Waals surface area contributed by atoms with Crippen LogP contribution in [0.3, 0.4) is 0 Å². The van der Waals surface area contributed by atoms with Crippen molar-refractivity contribution in [3.63, 3.8) is 0 Å². The topological polar surface area (TPSA) is 50.4 Å². The molecule has 0 saturated carbocycles. The average Bonchev–Trinajstić information content (AvgIpc) is 2.61. The standard InChI is InChI=1S/C19H23FN2O2/c1-24-17-7-4-5-15(13-17)9-11-21-12-10-19(23)22-14-16-6-2-3-8-18(16)20/h2-8,13,21H,9-12,14H2,1H3,(H,22,23). The van der Waals surface area contributed by atoms with E-state index in [0.29, 0.717) is 18.5 Å². The van der Waals surface area contributed by atoms with Crippen LogP contribution in [-0.2, 0) is 17.8 Å². The minimum atomic E-state index is -0.297. The molecule has 0 spiro atoms. The van der Waals surface area contributed by atoms with Crippen LogP contribution < -0.4 is 15.4 Å². The largest absolute Gasteiger partial charge is 0.497 e. The Morgan fingerprint density at radius 3 is 2.75 bits per heavy atom. The van der Waals surface area contributed by atoms with Crippen molar-refractivity contribution in [1.29, 1.82) is 0 Å². The van der Waals surface area contributed by atoms with Crippen LogP contribution in [0.15, 0.2) is 48.5 Å². The fourth-order valence-electron chi connectivity index (χ4n) is 2.31. The van der Waals surface area contributed by atoms with Gasteiger partial charge in [0, 0.05) is 25.1 Å². The zero-order chi connectivity index (χ0) is 17.2. The predicted octanol–water partition coefficient (Wildman–Crippen LogP) is 2.67. The third-order valence-electron chi connectivity index (χ3n) is 3.69. The van der Waals surface area contributed by atoms with Gasteiger partial charge in [-0.15, -0.1) is 0 Å². The first kappa shape index (κ1) is 17.9. The summed E-state index contributed by atoms with van der Waals surface area (Å²) in [6.45, 7) is 1.59. The molecule has 0 saturated heterocycles. The van der Waals surface area contributed by atoms with Gasteiger partial charge in [-0.1, -0.05) is 30.3 Å². The minimum absolute atomic E-state index is 0.0906. The van der Waals surface area contributed by atoms with E-state index in [2.05, 4.69) is 10.6 Å². The number of methoxy groups -OCH3 is 1. The van der Waals surface area contributed by atoms with E-state index in [0.717, 1.165) is 18.7 Å². The van der Waals surface area contributed by atoms with Gasteiger partial charge in [0.05, 0.1) is 7.11 Å². The van der Waals surface area contributed by atoms with Gasteiger partial charge in [-0.3, -0.25) is 4.79 Å². The van der Waals surface area contributed by atoms with Crippen molar-refractivity contribution in [2.45, 2.75) is 19.4 Å². The lowest BCUT2D eigenvalue weighted by molar-refractivity contribution is -0.121. The molecule has 2 N–H and O–H groups in total. The van der Waals surface area contributed by atoms with E-state index >= 15 is 0 Å². The fourth-order valence-corrected chi connectivity index (χ4v) is 2.31. The van der Waals surface area contributed by atoms with Crippen molar-refractivity contribution in [2.75, 3.05) is 20.2 Å². The SMILES string of the molecule is COc1cccc(CCNCCC(=O)NCc2ccccc2F)c1. The summed E-state index contributed by atoms with van der Waals surface area (Å²) in [5.41, 5.74) is 1.68. The number of halogens is 1. The number of hydrogen-bond acceptors (Lipinski definition) is 3. The summed E-state index contributed by atoms with van der Waals surface area (Å²) in [6, 6.07) is 14.4. The highest BCUT2D eigenvalue weighted by Crippen LogP contribution is 2.12. The molecule has 2 rings (SSSR count). The second-order valence-corrected chi connectivity index (χ2v) is 5.47. The van der Waals surface area contributed by atoms with Gasteiger partial charge in [0.25, 0.3) is 0 Å². The Bertz CT molecular complexity index is 661. The van der Waals surface area contributed by atoms with Gasteiger partial charge in [0.1, 0.15) is 11.6 Å². The molecular weight excluding hydrogens is 307 g/mol. The number of amides is 1. The molecule has 0 aliphatic carbocycles. The Kier molecular flexibility index (Phi) is 7.23. The van der Waals surface area contributed by atoms with Gasteiger partial charge in [0.15, 0.2) is 0 Å². The number of ether oxygens (including phenoxy) is 1. The van der Waals surface area contributed by atoms with Crippen LogP contribution in [0.25, 0.3) is 0 Å². The second kappa shape index (κ2) is 9.67. The van der Waals surface area contributed by atoms with Crippen molar-refractivity contribution in [3.8, 4) is 5.75 Å². The van der Waals surface area contributed by atoms with Gasteiger partial charge in [-0.25, -0.2) is 4.39 Å². The Balaban J connectivity index is 1.60. The molecule has 2 aromatic rings.